The van der Waals surface area contributed by atoms with Gasteiger partial charge in [-0.15, -0.1) is 11.3 Å². The molecule has 0 saturated heterocycles. The number of nitrogens with zero attached hydrogens (tertiary/aromatic N) is 4. The van der Waals surface area contributed by atoms with Gasteiger partial charge in [-0.2, -0.15) is 4.98 Å². The van der Waals surface area contributed by atoms with Crippen molar-refractivity contribution in [2.45, 2.75) is 38.6 Å². The van der Waals surface area contributed by atoms with E-state index in [2.05, 4.69) is 15.1 Å². The van der Waals surface area contributed by atoms with Crippen molar-refractivity contribution in [1.82, 2.24) is 19.7 Å². The number of fused-ring (bicyclic) bond motifs is 1. The maximum absolute atomic E-state index is 12.8. The summed E-state index contributed by atoms with van der Waals surface area (Å²) in [6.07, 6.45) is 8.19. The Hall–Kier alpha value is -3.06. The molecule has 0 unspecified atom stereocenters. The molecule has 4 aromatic rings. The van der Waals surface area contributed by atoms with E-state index in [1.165, 1.54) is 12.8 Å². The Labute approximate surface area is 171 Å². The summed E-state index contributed by atoms with van der Waals surface area (Å²) in [7, 11) is 0. The topological polar surface area (TPSA) is 73.8 Å². The van der Waals surface area contributed by atoms with Crippen LogP contribution in [0, 0.1) is 6.92 Å². The van der Waals surface area contributed by atoms with Crippen molar-refractivity contribution >= 4 is 34.5 Å². The van der Waals surface area contributed by atoms with Gasteiger partial charge < -0.3 is 9.09 Å². The summed E-state index contributed by atoms with van der Waals surface area (Å²) >= 11 is 1.65. The Morgan fingerprint density at radius 3 is 2.83 bits per heavy atom. The third-order valence-corrected chi connectivity index (χ3v) is 6.21. The highest BCUT2D eigenvalue weighted by Crippen LogP contribution is 2.31. The number of aromatic nitrogens is 4. The fourth-order valence-corrected chi connectivity index (χ4v) is 4.57. The molecular formula is C22H20N4O2S. The molecule has 0 amide bonds. The Morgan fingerprint density at radius 2 is 2.03 bits per heavy atom. The molecule has 1 aliphatic rings. The van der Waals surface area contributed by atoms with E-state index in [9.17, 15) is 4.79 Å². The lowest BCUT2D eigenvalue weighted by molar-refractivity contribution is 0.411. The number of hydrogen-bond acceptors (Lipinski definition) is 6. The molecule has 3 heterocycles. The van der Waals surface area contributed by atoms with Crippen LogP contribution in [0.2, 0.25) is 0 Å². The zero-order chi connectivity index (χ0) is 19.8. The highest BCUT2D eigenvalue weighted by atomic mass is 32.1. The molecule has 5 rings (SSSR count). The van der Waals surface area contributed by atoms with E-state index in [0.717, 1.165) is 34.3 Å². The molecule has 0 radical (unpaired) electrons. The van der Waals surface area contributed by atoms with E-state index in [0.29, 0.717) is 17.4 Å². The molecule has 1 aliphatic carbocycles. The van der Waals surface area contributed by atoms with Crippen LogP contribution in [0.4, 0.5) is 0 Å². The minimum absolute atomic E-state index is 0.0118. The SMILES string of the molecule is Cc1nc2cc(-c3noc(C=Cc4cccs4)n3)ccc2n(C2CCCC2)c1=O. The molecule has 0 N–H and O–H groups in total. The van der Waals surface area contributed by atoms with Crippen LogP contribution < -0.4 is 5.56 Å². The molecule has 3 aromatic heterocycles. The summed E-state index contributed by atoms with van der Waals surface area (Å²) in [4.78, 5) is 22.9. The van der Waals surface area contributed by atoms with Crippen molar-refractivity contribution in [2.75, 3.05) is 0 Å². The Balaban J connectivity index is 1.52. The van der Waals surface area contributed by atoms with Crippen molar-refractivity contribution in [3.05, 3.63) is 62.5 Å². The van der Waals surface area contributed by atoms with Crippen molar-refractivity contribution in [1.29, 1.82) is 0 Å². The van der Waals surface area contributed by atoms with Crippen LogP contribution in [-0.2, 0) is 0 Å². The summed E-state index contributed by atoms with van der Waals surface area (Å²) in [5.41, 5.74) is 3.01. The molecule has 0 atom stereocenters. The summed E-state index contributed by atoms with van der Waals surface area (Å²) in [6, 6.07) is 10.1. The predicted octanol–water partition coefficient (Wildman–Crippen LogP) is 5.10. The van der Waals surface area contributed by atoms with Gasteiger partial charge in [0.1, 0.15) is 5.69 Å². The van der Waals surface area contributed by atoms with Crippen molar-refractivity contribution in [3.8, 4) is 11.4 Å². The molecular weight excluding hydrogens is 384 g/mol. The standard InChI is InChI=1S/C22H20N4O2S/c1-14-22(27)26(16-5-2-3-6-16)19-10-8-15(13-18(19)23-14)21-24-20(28-25-21)11-9-17-7-4-12-29-17/h4,7-13,16H,2-3,5-6H2,1H3. The lowest BCUT2D eigenvalue weighted by Crippen LogP contribution is -2.26. The molecule has 146 valence electrons. The lowest BCUT2D eigenvalue weighted by atomic mass is 10.1. The summed E-state index contributed by atoms with van der Waals surface area (Å²) in [5, 5.41) is 6.12. The molecule has 29 heavy (non-hydrogen) atoms. The van der Waals surface area contributed by atoms with Crippen LogP contribution in [0.5, 0.6) is 0 Å². The van der Waals surface area contributed by atoms with E-state index < -0.39 is 0 Å². The average molecular weight is 404 g/mol. The first kappa shape index (κ1) is 18.0. The monoisotopic (exact) mass is 404 g/mol. The van der Waals surface area contributed by atoms with Crippen LogP contribution in [0.1, 0.15) is 48.2 Å². The van der Waals surface area contributed by atoms with Gasteiger partial charge in [-0.05, 0) is 55.5 Å². The molecule has 0 aliphatic heterocycles. The highest BCUT2D eigenvalue weighted by Gasteiger charge is 2.21. The van der Waals surface area contributed by atoms with Crippen molar-refractivity contribution in [2.24, 2.45) is 0 Å². The second-order valence-electron chi connectivity index (χ2n) is 7.32. The van der Waals surface area contributed by atoms with Crippen LogP contribution in [0.25, 0.3) is 34.6 Å². The first-order chi connectivity index (χ1) is 14.2. The molecule has 6 nitrogen and oxygen atoms in total. The molecule has 1 fully saturated rings. The van der Waals surface area contributed by atoms with E-state index in [-0.39, 0.29) is 11.6 Å². The molecule has 1 saturated carbocycles. The third-order valence-electron chi connectivity index (χ3n) is 5.37. The van der Waals surface area contributed by atoms with Crippen molar-refractivity contribution < 1.29 is 4.52 Å². The summed E-state index contributed by atoms with van der Waals surface area (Å²) < 4.78 is 7.29. The number of benzene rings is 1. The maximum Gasteiger partial charge on any atom is 0.272 e. The van der Waals surface area contributed by atoms with Crippen LogP contribution in [0.3, 0.4) is 0 Å². The van der Waals surface area contributed by atoms with E-state index in [1.54, 1.807) is 18.3 Å². The van der Waals surface area contributed by atoms with Gasteiger partial charge in [0.05, 0.1) is 11.0 Å². The quantitative estimate of drug-likeness (QED) is 0.473. The Bertz CT molecular complexity index is 1250. The van der Waals surface area contributed by atoms with Gasteiger partial charge in [0, 0.05) is 22.6 Å². The largest absolute Gasteiger partial charge is 0.334 e. The zero-order valence-corrected chi connectivity index (χ0v) is 16.9. The van der Waals surface area contributed by atoms with E-state index >= 15 is 0 Å². The second kappa shape index (κ2) is 7.40. The summed E-state index contributed by atoms with van der Waals surface area (Å²) in [5.74, 6) is 0.962. The molecule has 7 heteroatoms. The van der Waals surface area contributed by atoms with E-state index in [4.69, 9.17) is 4.52 Å². The smallest absolute Gasteiger partial charge is 0.272 e. The fraction of sp³-hybridized carbons (Fsp3) is 0.273. The van der Waals surface area contributed by atoms with Gasteiger partial charge in [-0.3, -0.25) is 4.79 Å². The molecule has 0 spiro atoms. The normalized spacial score (nSPS) is 15.1. The number of rotatable bonds is 4. The highest BCUT2D eigenvalue weighted by molar-refractivity contribution is 7.10. The minimum atomic E-state index is 0.0118. The van der Waals surface area contributed by atoms with Gasteiger partial charge >= 0.3 is 0 Å². The van der Waals surface area contributed by atoms with Gasteiger partial charge in [0.25, 0.3) is 11.4 Å². The number of aryl methyl sites for hydroxylation is 1. The molecule has 0 bridgehead atoms. The third kappa shape index (κ3) is 3.42. The van der Waals surface area contributed by atoms with Crippen molar-refractivity contribution in [3.63, 3.8) is 0 Å². The second-order valence-corrected chi connectivity index (χ2v) is 8.30. The first-order valence-electron chi connectivity index (χ1n) is 9.77. The zero-order valence-electron chi connectivity index (χ0n) is 16.0. The maximum atomic E-state index is 12.8. The fourth-order valence-electron chi connectivity index (χ4n) is 3.95. The first-order valence-corrected chi connectivity index (χ1v) is 10.7. The minimum Gasteiger partial charge on any atom is -0.334 e. The van der Waals surface area contributed by atoms with Gasteiger partial charge in [-0.25, -0.2) is 4.98 Å². The van der Waals surface area contributed by atoms with Crippen LogP contribution in [0.15, 0.2) is 45.0 Å². The van der Waals surface area contributed by atoms with Gasteiger partial charge in [0.2, 0.25) is 5.82 Å². The van der Waals surface area contributed by atoms with E-state index in [1.807, 2.05) is 52.4 Å². The lowest BCUT2D eigenvalue weighted by Gasteiger charge is -2.17. The van der Waals surface area contributed by atoms with Crippen LogP contribution >= 0.6 is 11.3 Å². The van der Waals surface area contributed by atoms with Gasteiger partial charge in [0.15, 0.2) is 0 Å². The van der Waals surface area contributed by atoms with Gasteiger partial charge in [-0.1, -0.05) is 24.1 Å². The number of hydrogen-bond donors (Lipinski definition) is 0. The molecule has 1 aromatic carbocycles. The summed E-state index contributed by atoms with van der Waals surface area (Å²) in [6.45, 7) is 1.78. The Kier molecular flexibility index (Phi) is 4.60. The Morgan fingerprint density at radius 1 is 1.17 bits per heavy atom. The predicted molar refractivity (Wildman–Crippen MR) is 115 cm³/mol. The average Bonchev–Trinajstić information content (AvgIpc) is 3.49. The van der Waals surface area contributed by atoms with Crippen LogP contribution in [-0.4, -0.2) is 19.7 Å². The number of thiophene rings is 1.